The van der Waals surface area contributed by atoms with Crippen molar-refractivity contribution < 1.29 is 9.21 Å². The number of nitrogens with zero attached hydrogens (tertiary/aromatic N) is 4. The van der Waals surface area contributed by atoms with Crippen molar-refractivity contribution in [1.82, 2.24) is 14.9 Å². The number of aromatic nitrogens is 2. The molecule has 138 valence electrons. The molecule has 0 atom stereocenters. The van der Waals surface area contributed by atoms with Crippen LogP contribution < -0.4 is 10.6 Å². The van der Waals surface area contributed by atoms with Crippen LogP contribution in [0.2, 0.25) is 0 Å². The second-order valence-corrected chi connectivity index (χ2v) is 6.56. The summed E-state index contributed by atoms with van der Waals surface area (Å²) < 4.78 is 5.39. The first-order valence-electron chi connectivity index (χ1n) is 8.89. The highest BCUT2D eigenvalue weighted by Crippen LogP contribution is 2.21. The quantitative estimate of drug-likeness (QED) is 0.769. The van der Waals surface area contributed by atoms with E-state index in [0.717, 1.165) is 22.8 Å². The predicted molar refractivity (Wildman–Crippen MR) is 103 cm³/mol. The number of carbonyl (C=O) groups excluding carboxylic acids is 1. The van der Waals surface area contributed by atoms with Crippen LogP contribution in [0.3, 0.4) is 0 Å². The van der Waals surface area contributed by atoms with Gasteiger partial charge in [0.25, 0.3) is 5.91 Å². The molecule has 2 N–H and O–H groups in total. The molecule has 0 bridgehead atoms. The molecule has 7 nitrogen and oxygen atoms in total. The van der Waals surface area contributed by atoms with Gasteiger partial charge in [0, 0.05) is 49.1 Å². The summed E-state index contributed by atoms with van der Waals surface area (Å²) in [6.45, 7) is 4.61. The molecule has 4 rings (SSSR count). The zero-order chi connectivity index (χ0) is 18.8. The average molecular weight is 363 g/mol. The van der Waals surface area contributed by atoms with E-state index in [1.54, 1.807) is 6.26 Å². The van der Waals surface area contributed by atoms with Crippen molar-refractivity contribution in [1.29, 1.82) is 0 Å². The normalized spacial score (nSPS) is 14.4. The third-order valence-electron chi connectivity index (χ3n) is 4.69. The monoisotopic (exact) mass is 363 g/mol. The molecule has 1 saturated heterocycles. The van der Waals surface area contributed by atoms with Crippen molar-refractivity contribution in [3.05, 3.63) is 60.0 Å². The highest BCUT2D eigenvalue weighted by molar-refractivity contribution is 5.94. The van der Waals surface area contributed by atoms with Crippen LogP contribution in [0, 0.1) is 6.92 Å². The largest absolute Gasteiger partial charge is 0.464 e. The first-order chi connectivity index (χ1) is 13.1. The zero-order valence-electron chi connectivity index (χ0n) is 15.1. The van der Waals surface area contributed by atoms with Crippen molar-refractivity contribution in [2.24, 2.45) is 0 Å². The Morgan fingerprint density at radius 2 is 1.81 bits per heavy atom. The number of furan rings is 1. The van der Waals surface area contributed by atoms with Gasteiger partial charge in [-0.2, -0.15) is 4.98 Å². The molecular weight excluding hydrogens is 342 g/mol. The molecule has 1 fully saturated rings. The van der Waals surface area contributed by atoms with E-state index in [1.165, 1.54) is 0 Å². The number of rotatable bonds is 3. The minimum atomic E-state index is 0.0408. The SMILES string of the molecule is Cc1cc(N2CCN(C(=O)c3ccc(-c4ccco4)cc3)CC2)nc(N)n1. The number of amides is 1. The third-order valence-corrected chi connectivity index (χ3v) is 4.69. The molecule has 3 heterocycles. The number of anilines is 2. The Morgan fingerprint density at radius 1 is 1.07 bits per heavy atom. The molecule has 1 amide bonds. The molecule has 1 aliphatic heterocycles. The molecule has 0 spiro atoms. The van der Waals surface area contributed by atoms with Gasteiger partial charge in [0.1, 0.15) is 11.6 Å². The van der Waals surface area contributed by atoms with Gasteiger partial charge in [0.15, 0.2) is 0 Å². The van der Waals surface area contributed by atoms with Gasteiger partial charge in [-0.3, -0.25) is 4.79 Å². The fraction of sp³-hybridized carbons (Fsp3) is 0.250. The summed E-state index contributed by atoms with van der Waals surface area (Å²) in [6, 6.07) is 13.2. The van der Waals surface area contributed by atoms with Gasteiger partial charge in [-0.1, -0.05) is 12.1 Å². The van der Waals surface area contributed by atoms with Crippen molar-refractivity contribution in [2.75, 3.05) is 36.8 Å². The Bertz CT molecular complexity index is 909. The molecule has 1 aliphatic rings. The minimum absolute atomic E-state index is 0.0408. The smallest absolute Gasteiger partial charge is 0.253 e. The zero-order valence-corrected chi connectivity index (χ0v) is 15.1. The van der Waals surface area contributed by atoms with Crippen LogP contribution in [0.1, 0.15) is 16.1 Å². The number of hydrogen-bond acceptors (Lipinski definition) is 6. The van der Waals surface area contributed by atoms with Gasteiger partial charge in [-0.15, -0.1) is 0 Å². The van der Waals surface area contributed by atoms with Crippen LogP contribution in [0.15, 0.2) is 53.1 Å². The van der Waals surface area contributed by atoms with Gasteiger partial charge in [-0.25, -0.2) is 4.98 Å². The van der Waals surface area contributed by atoms with Crippen LogP contribution in [-0.2, 0) is 0 Å². The standard InChI is InChI=1S/C20H21N5O2/c1-14-13-18(23-20(21)22-14)24-8-10-25(11-9-24)19(26)16-6-4-15(5-7-16)17-3-2-12-27-17/h2-7,12-13H,8-11H2,1H3,(H2,21,22,23). The number of benzene rings is 1. The topological polar surface area (TPSA) is 88.5 Å². The maximum Gasteiger partial charge on any atom is 0.253 e. The van der Waals surface area contributed by atoms with E-state index < -0.39 is 0 Å². The number of nitrogen functional groups attached to an aromatic ring is 1. The maximum atomic E-state index is 12.8. The van der Waals surface area contributed by atoms with Gasteiger partial charge in [0.2, 0.25) is 5.95 Å². The molecule has 1 aromatic carbocycles. The number of hydrogen-bond donors (Lipinski definition) is 1. The first-order valence-corrected chi connectivity index (χ1v) is 8.89. The van der Waals surface area contributed by atoms with E-state index in [1.807, 2.05) is 54.3 Å². The number of carbonyl (C=O) groups is 1. The Labute approximate surface area is 157 Å². The van der Waals surface area contributed by atoms with Gasteiger partial charge >= 0.3 is 0 Å². The lowest BCUT2D eigenvalue weighted by molar-refractivity contribution is 0.0746. The molecule has 0 aliphatic carbocycles. The van der Waals surface area contributed by atoms with Crippen molar-refractivity contribution in [2.45, 2.75) is 6.92 Å². The summed E-state index contributed by atoms with van der Waals surface area (Å²) in [5, 5.41) is 0. The molecule has 7 heteroatoms. The number of aryl methyl sites for hydroxylation is 1. The van der Waals surface area contributed by atoms with Crippen LogP contribution in [0.25, 0.3) is 11.3 Å². The van der Waals surface area contributed by atoms with Crippen LogP contribution >= 0.6 is 0 Å². The molecule has 0 unspecified atom stereocenters. The summed E-state index contributed by atoms with van der Waals surface area (Å²) in [6.07, 6.45) is 1.64. The molecule has 3 aromatic rings. The first kappa shape index (κ1) is 17.1. The van der Waals surface area contributed by atoms with E-state index in [2.05, 4.69) is 14.9 Å². The third kappa shape index (κ3) is 3.62. The van der Waals surface area contributed by atoms with Crippen LogP contribution in [-0.4, -0.2) is 47.0 Å². The van der Waals surface area contributed by atoms with Crippen molar-refractivity contribution in [3.8, 4) is 11.3 Å². The summed E-state index contributed by atoms with van der Waals surface area (Å²) >= 11 is 0. The lowest BCUT2D eigenvalue weighted by Crippen LogP contribution is -2.49. The Morgan fingerprint density at radius 3 is 2.44 bits per heavy atom. The van der Waals surface area contributed by atoms with E-state index in [0.29, 0.717) is 31.7 Å². The second kappa shape index (κ2) is 7.11. The van der Waals surface area contributed by atoms with Crippen LogP contribution in [0.4, 0.5) is 11.8 Å². The number of piperazine rings is 1. The van der Waals surface area contributed by atoms with Crippen molar-refractivity contribution in [3.63, 3.8) is 0 Å². The fourth-order valence-electron chi connectivity index (χ4n) is 3.28. The summed E-state index contributed by atoms with van der Waals surface area (Å²) in [7, 11) is 0. The summed E-state index contributed by atoms with van der Waals surface area (Å²) in [4.78, 5) is 25.2. The van der Waals surface area contributed by atoms with Crippen molar-refractivity contribution >= 4 is 17.7 Å². The van der Waals surface area contributed by atoms with E-state index in [-0.39, 0.29) is 11.9 Å². The van der Waals surface area contributed by atoms with E-state index in [9.17, 15) is 4.79 Å². The van der Waals surface area contributed by atoms with E-state index >= 15 is 0 Å². The fourth-order valence-corrected chi connectivity index (χ4v) is 3.28. The number of nitrogens with two attached hydrogens (primary N) is 1. The molecule has 0 saturated carbocycles. The Balaban J connectivity index is 1.41. The Kier molecular flexibility index (Phi) is 4.50. The average Bonchev–Trinajstić information content (AvgIpc) is 3.22. The predicted octanol–water partition coefficient (Wildman–Crippen LogP) is 2.59. The summed E-state index contributed by atoms with van der Waals surface area (Å²) in [5.74, 6) is 1.93. The van der Waals surface area contributed by atoms with Gasteiger partial charge in [0.05, 0.1) is 6.26 Å². The molecule has 2 aromatic heterocycles. The highest BCUT2D eigenvalue weighted by Gasteiger charge is 2.23. The lowest BCUT2D eigenvalue weighted by atomic mass is 10.1. The lowest BCUT2D eigenvalue weighted by Gasteiger charge is -2.35. The Hall–Kier alpha value is -3.35. The molecule has 27 heavy (non-hydrogen) atoms. The van der Waals surface area contributed by atoms with Crippen LogP contribution in [0.5, 0.6) is 0 Å². The highest BCUT2D eigenvalue weighted by atomic mass is 16.3. The minimum Gasteiger partial charge on any atom is -0.464 e. The van der Waals surface area contributed by atoms with Gasteiger partial charge < -0.3 is 20.0 Å². The summed E-state index contributed by atoms with van der Waals surface area (Å²) in [5.41, 5.74) is 8.22. The second-order valence-electron chi connectivity index (χ2n) is 6.56. The van der Waals surface area contributed by atoms with Gasteiger partial charge in [-0.05, 0) is 31.2 Å². The maximum absolute atomic E-state index is 12.8. The molecule has 0 radical (unpaired) electrons. The molecular formula is C20H21N5O2. The van der Waals surface area contributed by atoms with E-state index in [4.69, 9.17) is 10.2 Å².